The standard InChI is InChI=1S/C21H20N2O/c24-21-20(18-8-4-5-9-19(18)22-21)17-11-14-23(15-12-17)13-10-16-6-2-1-3-7-16/h1-9,11H,10,12-15H2. The third kappa shape index (κ3) is 2.95. The van der Waals surface area contributed by atoms with Crippen LogP contribution >= 0.6 is 0 Å². The van der Waals surface area contributed by atoms with Crippen LogP contribution in [-0.2, 0) is 11.2 Å². The van der Waals surface area contributed by atoms with Gasteiger partial charge in [-0.3, -0.25) is 9.69 Å². The van der Waals surface area contributed by atoms with Crippen molar-refractivity contribution in [2.75, 3.05) is 19.6 Å². The normalized spacial score (nSPS) is 17.4. The summed E-state index contributed by atoms with van der Waals surface area (Å²) in [5.41, 5.74) is 3.35. The van der Waals surface area contributed by atoms with Crippen LogP contribution in [-0.4, -0.2) is 30.4 Å². The van der Waals surface area contributed by atoms with Crippen LogP contribution in [0.25, 0.3) is 5.57 Å². The molecule has 24 heavy (non-hydrogen) atoms. The van der Waals surface area contributed by atoms with Gasteiger partial charge < -0.3 is 0 Å². The van der Waals surface area contributed by atoms with Gasteiger partial charge in [0.25, 0.3) is 5.91 Å². The number of nitrogens with zero attached hydrogens (tertiary/aromatic N) is 2. The van der Waals surface area contributed by atoms with Crippen molar-refractivity contribution < 1.29 is 4.79 Å². The summed E-state index contributed by atoms with van der Waals surface area (Å²) in [6, 6.07) is 18.4. The summed E-state index contributed by atoms with van der Waals surface area (Å²) in [7, 11) is 0. The SMILES string of the molecule is O=C1N=c2ccccc2=C1C1=CCN(CCc2ccccc2)CC1. The van der Waals surface area contributed by atoms with E-state index in [0.29, 0.717) is 0 Å². The molecule has 2 aromatic carbocycles. The molecule has 1 amide bonds. The number of benzene rings is 2. The van der Waals surface area contributed by atoms with E-state index < -0.39 is 0 Å². The number of fused-ring (bicyclic) bond motifs is 1. The van der Waals surface area contributed by atoms with E-state index in [1.807, 2.05) is 24.3 Å². The van der Waals surface area contributed by atoms with Gasteiger partial charge in [-0.25, -0.2) is 4.99 Å². The molecular formula is C21H20N2O. The number of amides is 1. The van der Waals surface area contributed by atoms with Gasteiger partial charge in [0.05, 0.1) is 10.9 Å². The van der Waals surface area contributed by atoms with Crippen molar-refractivity contribution in [1.29, 1.82) is 0 Å². The van der Waals surface area contributed by atoms with E-state index in [1.54, 1.807) is 0 Å². The molecule has 2 aliphatic heterocycles. The molecule has 0 unspecified atom stereocenters. The Hall–Kier alpha value is -2.52. The Morgan fingerprint density at radius 2 is 1.79 bits per heavy atom. The third-order valence-electron chi connectivity index (χ3n) is 4.78. The third-order valence-corrected chi connectivity index (χ3v) is 4.78. The van der Waals surface area contributed by atoms with Gasteiger partial charge >= 0.3 is 0 Å². The van der Waals surface area contributed by atoms with Crippen molar-refractivity contribution in [3.63, 3.8) is 0 Å². The van der Waals surface area contributed by atoms with Gasteiger partial charge in [-0.2, -0.15) is 0 Å². The second-order valence-electron chi connectivity index (χ2n) is 6.32. The zero-order valence-electron chi connectivity index (χ0n) is 13.6. The van der Waals surface area contributed by atoms with E-state index in [9.17, 15) is 4.79 Å². The smallest absolute Gasteiger partial charge is 0.278 e. The highest BCUT2D eigenvalue weighted by Crippen LogP contribution is 2.21. The first-order chi connectivity index (χ1) is 11.8. The fourth-order valence-electron chi connectivity index (χ4n) is 3.45. The molecule has 0 aromatic heterocycles. The topological polar surface area (TPSA) is 32.7 Å². The zero-order chi connectivity index (χ0) is 16.4. The lowest BCUT2D eigenvalue weighted by molar-refractivity contribution is -0.112. The van der Waals surface area contributed by atoms with Gasteiger partial charge in [-0.1, -0.05) is 54.6 Å². The van der Waals surface area contributed by atoms with Crippen molar-refractivity contribution >= 4 is 11.5 Å². The maximum absolute atomic E-state index is 12.3. The minimum absolute atomic E-state index is 0.0832. The molecule has 3 nitrogen and oxygen atoms in total. The monoisotopic (exact) mass is 316 g/mol. The highest BCUT2D eigenvalue weighted by atomic mass is 16.1. The molecule has 0 saturated heterocycles. The van der Waals surface area contributed by atoms with E-state index in [0.717, 1.165) is 54.2 Å². The molecule has 0 aliphatic carbocycles. The van der Waals surface area contributed by atoms with Crippen LogP contribution in [0.1, 0.15) is 12.0 Å². The predicted octanol–water partition coefficient (Wildman–Crippen LogP) is 1.87. The lowest BCUT2D eigenvalue weighted by atomic mass is 9.97. The largest absolute Gasteiger partial charge is 0.299 e. The molecule has 0 spiro atoms. The van der Waals surface area contributed by atoms with Crippen molar-refractivity contribution in [1.82, 2.24) is 4.90 Å². The van der Waals surface area contributed by atoms with Gasteiger partial charge in [0.15, 0.2) is 0 Å². The minimum atomic E-state index is -0.0832. The van der Waals surface area contributed by atoms with E-state index in [4.69, 9.17) is 0 Å². The van der Waals surface area contributed by atoms with Crippen molar-refractivity contribution in [3.8, 4) is 0 Å². The summed E-state index contributed by atoms with van der Waals surface area (Å²) in [6.45, 7) is 2.96. The molecule has 0 fully saturated rings. The second-order valence-corrected chi connectivity index (χ2v) is 6.32. The van der Waals surface area contributed by atoms with Crippen LogP contribution in [0.3, 0.4) is 0 Å². The van der Waals surface area contributed by atoms with Crippen LogP contribution in [0.15, 0.2) is 71.2 Å². The number of hydrogen-bond donors (Lipinski definition) is 0. The lowest BCUT2D eigenvalue weighted by Gasteiger charge is -2.26. The Balaban J connectivity index is 1.48. The first-order valence-electron chi connectivity index (χ1n) is 8.49. The molecule has 0 bridgehead atoms. The fraction of sp³-hybridized carbons (Fsp3) is 0.238. The lowest BCUT2D eigenvalue weighted by Crippen LogP contribution is -2.32. The van der Waals surface area contributed by atoms with Crippen molar-refractivity contribution in [2.24, 2.45) is 4.99 Å². The Morgan fingerprint density at radius 3 is 2.58 bits per heavy atom. The summed E-state index contributed by atoms with van der Waals surface area (Å²) in [6.07, 6.45) is 4.19. The number of rotatable bonds is 4. The van der Waals surface area contributed by atoms with Gasteiger partial charge in [0, 0.05) is 24.9 Å². The number of hydrogen-bond acceptors (Lipinski definition) is 2. The van der Waals surface area contributed by atoms with Crippen LogP contribution < -0.4 is 10.6 Å². The van der Waals surface area contributed by atoms with Crippen LogP contribution in [0.5, 0.6) is 0 Å². The summed E-state index contributed by atoms with van der Waals surface area (Å²) in [5, 5.41) is 1.80. The molecule has 0 atom stereocenters. The molecule has 4 rings (SSSR count). The van der Waals surface area contributed by atoms with Gasteiger partial charge in [-0.15, -0.1) is 0 Å². The van der Waals surface area contributed by atoms with Crippen molar-refractivity contribution in [2.45, 2.75) is 12.8 Å². The zero-order valence-corrected chi connectivity index (χ0v) is 13.6. The average Bonchev–Trinajstić information content (AvgIpc) is 2.97. The number of carbonyl (C=O) groups is 1. The Morgan fingerprint density at radius 1 is 1.00 bits per heavy atom. The molecule has 0 N–H and O–H groups in total. The summed E-state index contributed by atoms with van der Waals surface area (Å²) < 4.78 is 0. The maximum Gasteiger partial charge on any atom is 0.278 e. The van der Waals surface area contributed by atoms with E-state index >= 15 is 0 Å². The van der Waals surface area contributed by atoms with E-state index in [2.05, 4.69) is 46.3 Å². The molecule has 0 radical (unpaired) electrons. The molecule has 2 aromatic rings. The van der Waals surface area contributed by atoms with Crippen molar-refractivity contribution in [3.05, 3.63) is 82.4 Å². The average molecular weight is 316 g/mol. The first-order valence-corrected chi connectivity index (χ1v) is 8.49. The number of para-hydroxylation sites is 1. The molecule has 3 heteroatoms. The van der Waals surface area contributed by atoms with Crippen LogP contribution in [0.4, 0.5) is 0 Å². The molecular weight excluding hydrogens is 296 g/mol. The summed E-state index contributed by atoms with van der Waals surface area (Å²) in [4.78, 5) is 18.9. The summed E-state index contributed by atoms with van der Waals surface area (Å²) >= 11 is 0. The first kappa shape index (κ1) is 15.0. The quantitative estimate of drug-likeness (QED) is 0.863. The Labute approximate surface area is 141 Å². The van der Waals surface area contributed by atoms with E-state index in [-0.39, 0.29) is 5.91 Å². The Bertz CT molecular complexity index is 912. The van der Waals surface area contributed by atoms with Gasteiger partial charge in [-0.05, 0) is 30.0 Å². The molecule has 0 saturated carbocycles. The molecule has 2 heterocycles. The van der Waals surface area contributed by atoms with Crippen LogP contribution in [0, 0.1) is 0 Å². The van der Waals surface area contributed by atoms with Gasteiger partial charge in [0.2, 0.25) is 0 Å². The highest BCUT2D eigenvalue weighted by molar-refractivity contribution is 6.20. The summed E-state index contributed by atoms with van der Waals surface area (Å²) in [5.74, 6) is -0.0832. The van der Waals surface area contributed by atoms with Crippen LogP contribution in [0.2, 0.25) is 0 Å². The van der Waals surface area contributed by atoms with E-state index in [1.165, 1.54) is 5.56 Å². The Kier molecular flexibility index (Phi) is 4.09. The maximum atomic E-state index is 12.3. The van der Waals surface area contributed by atoms with Gasteiger partial charge in [0.1, 0.15) is 0 Å². The predicted molar refractivity (Wildman–Crippen MR) is 94.9 cm³/mol. The molecule has 120 valence electrons. The fourth-order valence-corrected chi connectivity index (χ4v) is 3.45. The molecule has 2 aliphatic rings. The highest BCUT2D eigenvalue weighted by Gasteiger charge is 2.22. The second kappa shape index (κ2) is 6.54. The number of carbonyl (C=O) groups excluding carboxylic acids is 1. The minimum Gasteiger partial charge on any atom is -0.299 e.